The van der Waals surface area contributed by atoms with E-state index < -0.39 is 5.97 Å². The number of methoxy groups -OCH3 is 2. The number of hydrogen-bond donors (Lipinski definition) is 2. The van der Waals surface area contributed by atoms with E-state index in [2.05, 4.69) is 15.3 Å². The molecule has 0 unspecified atom stereocenters. The third-order valence-electron chi connectivity index (χ3n) is 2.73. The number of ether oxygens (including phenoxy) is 2. The van der Waals surface area contributed by atoms with Crippen LogP contribution in [-0.2, 0) is 0 Å². The van der Waals surface area contributed by atoms with E-state index in [9.17, 15) is 4.79 Å². The summed E-state index contributed by atoms with van der Waals surface area (Å²) in [7, 11) is 2.94. The number of aryl methyl sites for hydroxylation is 1. The van der Waals surface area contributed by atoms with E-state index in [-0.39, 0.29) is 11.3 Å². The van der Waals surface area contributed by atoms with Crippen LogP contribution in [0.25, 0.3) is 0 Å². The molecule has 2 aromatic rings. The van der Waals surface area contributed by atoms with Gasteiger partial charge < -0.3 is 19.9 Å². The Hall–Kier alpha value is -2.83. The Morgan fingerprint density at radius 2 is 1.95 bits per heavy atom. The van der Waals surface area contributed by atoms with Crippen molar-refractivity contribution in [3.05, 3.63) is 35.7 Å². The van der Waals surface area contributed by atoms with Crippen molar-refractivity contribution < 1.29 is 19.4 Å². The molecule has 0 aliphatic rings. The first-order valence-corrected chi connectivity index (χ1v) is 6.11. The lowest BCUT2D eigenvalue weighted by atomic mass is 10.2. The summed E-state index contributed by atoms with van der Waals surface area (Å²) in [6.07, 6.45) is 0. The highest BCUT2D eigenvalue weighted by molar-refractivity contribution is 5.91. The summed E-state index contributed by atoms with van der Waals surface area (Å²) in [4.78, 5) is 19.4. The molecule has 1 aromatic heterocycles. The molecule has 21 heavy (non-hydrogen) atoms. The summed E-state index contributed by atoms with van der Waals surface area (Å²) in [6, 6.07) is 6.34. The van der Waals surface area contributed by atoms with Gasteiger partial charge in [0.05, 0.1) is 14.2 Å². The van der Waals surface area contributed by atoms with Crippen LogP contribution < -0.4 is 14.8 Å². The molecule has 1 heterocycles. The number of carboxylic acids is 1. The molecule has 0 saturated carbocycles. The average Bonchev–Trinajstić information content (AvgIpc) is 2.46. The van der Waals surface area contributed by atoms with Crippen molar-refractivity contribution in [1.29, 1.82) is 0 Å². The molecule has 2 rings (SSSR count). The first kappa shape index (κ1) is 14.6. The van der Waals surface area contributed by atoms with Gasteiger partial charge in [-0.15, -0.1) is 0 Å². The van der Waals surface area contributed by atoms with Gasteiger partial charge in [-0.25, -0.2) is 9.78 Å². The third-order valence-corrected chi connectivity index (χ3v) is 2.73. The Bertz CT molecular complexity index is 673. The van der Waals surface area contributed by atoms with Crippen LogP contribution in [0.15, 0.2) is 24.3 Å². The van der Waals surface area contributed by atoms with Crippen LogP contribution in [0.3, 0.4) is 0 Å². The molecule has 0 spiro atoms. The summed E-state index contributed by atoms with van der Waals surface area (Å²) < 4.78 is 10.2. The van der Waals surface area contributed by atoms with Gasteiger partial charge in [0.15, 0.2) is 0 Å². The molecular formula is C14H15N3O4. The number of benzene rings is 1. The van der Waals surface area contributed by atoms with Gasteiger partial charge >= 0.3 is 5.97 Å². The Balaban J connectivity index is 2.31. The minimum atomic E-state index is -1.04. The summed E-state index contributed by atoms with van der Waals surface area (Å²) in [5, 5.41) is 12.1. The van der Waals surface area contributed by atoms with E-state index in [1.165, 1.54) is 20.3 Å². The fourth-order valence-corrected chi connectivity index (χ4v) is 1.80. The molecule has 7 nitrogen and oxygen atoms in total. The topological polar surface area (TPSA) is 93.6 Å². The van der Waals surface area contributed by atoms with Crippen LogP contribution in [-0.4, -0.2) is 35.3 Å². The van der Waals surface area contributed by atoms with Crippen molar-refractivity contribution >= 4 is 17.5 Å². The normalized spacial score (nSPS) is 10.0. The monoisotopic (exact) mass is 289 g/mol. The van der Waals surface area contributed by atoms with Gasteiger partial charge in [0.2, 0.25) is 5.88 Å². The van der Waals surface area contributed by atoms with E-state index >= 15 is 0 Å². The lowest BCUT2D eigenvalue weighted by Gasteiger charge is -2.10. The second kappa shape index (κ2) is 6.08. The van der Waals surface area contributed by atoms with E-state index in [1.807, 2.05) is 0 Å². The van der Waals surface area contributed by atoms with Gasteiger partial charge in [0.1, 0.15) is 23.0 Å². The summed E-state index contributed by atoms with van der Waals surface area (Å²) >= 11 is 0. The zero-order chi connectivity index (χ0) is 15.4. The quantitative estimate of drug-likeness (QED) is 0.871. The molecule has 0 amide bonds. The lowest BCUT2D eigenvalue weighted by molar-refractivity contribution is 0.0693. The largest absolute Gasteiger partial charge is 0.496 e. The fourth-order valence-electron chi connectivity index (χ4n) is 1.80. The van der Waals surface area contributed by atoms with Crippen LogP contribution in [0.1, 0.15) is 16.2 Å². The minimum Gasteiger partial charge on any atom is -0.496 e. The summed E-state index contributed by atoms with van der Waals surface area (Å²) in [5.74, 6) is 0.776. The van der Waals surface area contributed by atoms with Crippen molar-refractivity contribution in [2.75, 3.05) is 19.5 Å². The van der Waals surface area contributed by atoms with E-state index in [0.29, 0.717) is 23.2 Å². The second-order valence-corrected chi connectivity index (χ2v) is 4.19. The van der Waals surface area contributed by atoms with Crippen LogP contribution in [0.2, 0.25) is 0 Å². The lowest BCUT2D eigenvalue weighted by Crippen LogP contribution is -2.03. The van der Waals surface area contributed by atoms with Crippen molar-refractivity contribution in [1.82, 2.24) is 9.97 Å². The number of carbonyl (C=O) groups is 1. The second-order valence-electron chi connectivity index (χ2n) is 4.19. The van der Waals surface area contributed by atoms with Crippen LogP contribution in [0.4, 0.5) is 11.5 Å². The van der Waals surface area contributed by atoms with Gasteiger partial charge in [-0.3, -0.25) is 0 Å². The summed E-state index contributed by atoms with van der Waals surface area (Å²) in [6.45, 7) is 1.75. The van der Waals surface area contributed by atoms with Gasteiger partial charge in [0.25, 0.3) is 0 Å². The molecule has 2 N–H and O–H groups in total. The van der Waals surface area contributed by atoms with Crippen LogP contribution in [0, 0.1) is 6.92 Å². The zero-order valence-electron chi connectivity index (χ0n) is 11.9. The molecule has 0 bridgehead atoms. The molecule has 0 fully saturated rings. The first-order chi connectivity index (χ1) is 10.0. The maximum Gasteiger partial charge on any atom is 0.339 e. The predicted molar refractivity (Wildman–Crippen MR) is 76.6 cm³/mol. The third kappa shape index (κ3) is 3.38. The SMILES string of the molecule is COc1cc(Nc2ccc(C(=O)O)c(OC)c2)nc(C)n1. The van der Waals surface area contributed by atoms with Crippen molar-refractivity contribution in [2.24, 2.45) is 0 Å². The van der Waals surface area contributed by atoms with Gasteiger partial charge in [-0.2, -0.15) is 4.98 Å². The number of carboxylic acid groups (broad SMARTS) is 1. The van der Waals surface area contributed by atoms with Crippen molar-refractivity contribution in [2.45, 2.75) is 6.92 Å². The molecule has 0 atom stereocenters. The standard InChI is InChI=1S/C14H15N3O4/c1-8-15-12(7-13(16-8)21-3)17-9-4-5-10(14(18)19)11(6-9)20-2/h4-7H,1-3H3,(H,18,19)(H,15,16,17). The fraction of sp³-hybridized carbons (Fsp3) is 0.214. The molecule has 0 radical (unpaired) electrons. The highest BCUT2D eigenvalue weighted by atomic mass is 16.5. The maximum absolute atomic E-state index is 11.0. The van der Waals surface area contributed by atoms with E-state index in [0.717, 1.165) is 0 Å². The zero-order valence-corrected chi connectivity index (χ0v) is 11.9. The Labute approximate surface area is 121 Å². The van der Waals surface area contributed by atoms with Gasteiger partial charge in [-0.05, 0) is 19.1 Å². The Kier molecular flexibility index (Phi) is 4.22. The molecule has 0 saturated heterocycles. The molecule has 0 aliphatic carbocycles. The first-order valence-electron chi connectivity index (χ1n) is 6.11. The highest BCUT2D eigenvalue weighted by Gasteiger charge is 2.11. The Morgan fingerprint density at radius 1 is 1.19 bits per heavy atom. The van der Waals surface area contributed by atoms with Crippen LogP contribution >= 0.6 is 0 Å². The number of nitrogens with one attached hydrogen (secondary N) is 1. The molecule has 0 aliphatic heterocycles. The Morgan fingerprint density at radius 3 is 2.57 bits per heavy atom. The number of hydrogen-bond acceptors (Lipinski definition) is 6. The summed E-state index contributed by atoms with van der Waals surface area (Å²) in [5.41, 5.74) is 0.747. The molecular weight excluding hydrogens is 274 g/mol. The molecule has 7 heteroatoms. The van der Waals surface area contributed by atoms with Crippen LogP contribution in [0.5, 0.6) is 11.6 Å². The minimum absolute atomic E-state index is 0.0968. The highest BCUT2D eigenvalue weighted by Crippen LogP contribution is 2.25. The number of rotatable bonds is 5. The number of anilines is 2. The number of nitrogens with zero attached hydrogens (tertiary/aromatic N) is 2. The molecule has 1 aromatic carbocycles. The van der Waals surface area contributed by atoms with E-state index in [4.69, 9.17) is 14.6 Å². The number of aromatic carboxylic acids is 1. The predicted octanol–water partition coefficient (Wildman–Crippen LogP) is 2.24. The maximum atomic E-state index is 11.0. The van der Waals surface area contributed by atoms with Gasteiger partial charge in [-0.1, -0.05) is 0 Å². The number of aromatic nitrogens is 2. The smallest absolute Gasteiger partial charge is 0.339 e. The van der Waals surface area contributed by atoms with E-state index in [1.54, 1.807) is 25.1 Å². The van der Waals surface area contributed by atoms with Crippen molar-refractivity contribution in [3.8, 4) is 11.6 Å². The average molecular weight is 289 g/mol. The van der Waals surface area contributed by atoms with Crippen molar-refractivity contribution in [3.63, 3.8) is 0 Å². The van der Waals surface area contributed by atoms with Gasteiger partial charge in [0, 0.05) is 17.8 Å². The molecule has 110 valence electrons.